The summed E-state index contributed by atoms with van der Waals surface area (Å²) in [5.41, 5.74) is -0.474. The minimum Gasteiger partial charge on any atom is -0.483 e. The maximum Gasteiger partial charge on any atom is 0.407 e. The number of allylic oxidation sites excluding steroid dienone is 2. The van der Waals surface area contributed by atoms with Gasteiger partial charge in [0.2, 0.25) is 5.95 Å². The Morgan fingerprint density at radius 3 is 2.50 bits per heavy atom. The first-order valence-electron chi connectivity index (χ1n) is 15.2. The fourth-order valence-electron chi connectivity index (χ4n) is 5.21. The van der Waals surface area contributed by atoms with Crippen LogP contribution in [-0.2, 0) is 29.7 Å². The number of carbonyl (C=O) groups is 3. The standard InChI is InChI=1S/C32H43N7O7/c1-20(2)14-16-38-26-27(35-29(38)37-15-10-11-21(17-37)34-30(43)46-32(3,4)5)36(7)31(44)39(28(26)42)18-23(40)22-12-8-9-13-24(22)45-19-25(41)33-6/h8-9,12-14,21H,10-11,15-19H2,1-7H3,(H,33,41)(H,34,43)/t21-/m0/s1. The van der Waals surface area contributed by atoms with Crippen molar-refractivity contribution < 1.29 is 23.9 Å². The Hall–Kier alpha value is -4.88. The third-order valence-electron chi connectivity index (χ3n) is 7.45. The number of alkyl carbamates (subject to hydrolysis) is 1. The first-order chi connectivity index (χ1) is 21.7. The molecular weight excluding hydrogens is 594 g/mol. The molecule has 14 heteroatoms. The first-order valence-corrected chi connectivity index (χ1v) is 15.2. The molecule has 3 aromatic rings. The van der Waals surface area contributed by atoms with Gasteiger partial charge in [-0.2, -0.15) is 4.98 Å². The van der Waals surface area contributed by atoms with Crippen LogP contribution in [0.4, 0.5) is 10.7 Å². The van der Waals surface area contributed by atoms with Gasteiger partial charge in [0.15, 0.2) is 23.6 Å². The summed E-state index contributed by atoms with van der Waals surface area (Å²) in [7, 11) is 2.98. The van der Waals surface area contributed by atoms with Crippen molar-refractivity contribution in [2.75, 3.05) is 31.6 Å². The van der Waals surface area contributed by atoms with Crippen LogP contribution in [0.3, 0.4) is 0 Å². The second-order valence-corrected chi connectivity index (χ2v) is 12.5. The molecule has 0 saturated carbocycles. The molecule has 1 saturated heterocycles. The van der Waals surface area contributed by atoms with Gasteiger partial charge in [-0.3, -0.25) is 23.5 Å². The van der Waals surface area contributed by atoms with Gasteiger partial charge in [0.1, 0.15) is 11.4 Å². The molecule has 0 unspecified atom stereocenters. The van der Waals surface area contributed by atoms with Crippen LogP contribution in [0, 0.1) is 0 Å². The topological polar surface area (TPSA) is 159 Å². The van der Waals surface area contributed by atoms with Gasteiger partial charge in [-0.15, -0.1) is 0 Å². The van der Waals surface area contributed by atoms with Crippen molar-refractivity contribution in [3.63, 3.8) is 0 Å². The number of imidazole rings is 1. The van der Waals surface area contributed by atoms with Crippen molar-refractivity contribution in [1.29, 1.82) is 0 Å². The molecule has 0 spiro atoms. The predicted molar refractivity (Wildman–Crippen MR) is 174 cm³/mol. The number of para-hydroxylation sites is 1. The number of hydrogen-bond donors (Lipinski definition) is 2. The lowest BCUT2D eigenvalue weighted by Gasteiger charge is -2.34. The van der Waals surface area contributed by atoms with Crippen molar-refractivity contribution in [1.82, 2.24) is 29.3 Å². The molecule has 46 heavy (non-hydrogen) atoms. The molecule has 1 fully saturated rings. The van der Waals surface area contributed by atoms with E-state index in [1.807, 2.05) is 24.8 Å². The normalized spacial score (nSPS) is 14.9. The van der Waals surface area contributed by atoms with Crippen LogP contribution in [0.2, 0.25) is 0 Å². The first kappa shape index (κ1) is 34.0. The minimum atomic E-state index is -0.698. The summed E-state index contributed by atoms with van der Waals surface area (Å²) in [5, 5.41) is 5.39. The lowest BCUT2D eigenvalue weighted by Crippen LogP contribution is -2.49. The molecular formula is C32H43N7O7. The average Bonchev–Trinajstić information content (AvgIpc) is 3.39. The van der Waals surface area contributed by atoms with Crippen LogP contribution in [0.5, 0.6) is 5.75 Å². The van der Waals surface area contributed by atoms with E-state index in [1.165, 1.54) is 24.7 Å². The van der Waals surface area contributed by atoms with Gasteiger partial charge in [0.05, 0.1) is 12.1 Å². The molecule has 1 aromatic carbocycles. The molecule has 0 radical (unpaired) electrons. The number of aryl methyl sites for hydroxylation is 1. The third kappa shape index (κ3) is 7.85. The average molecular weight is 638 g/mol. The Morgan fingerprint density at radius 1 is 1.11 bits per heavy atom. The SMILES string of the molecule is CNC(=O)COc1ccccc1C(=O)Cn1c(=O)c2c(nc(N3CCC[C@H](NC(=O)OC(C)(C)C)C3)n2CC=C(C)C)n(C)c1=O. The molecule has 1 aliphatic rings. The summed E-state index contributed by atoms with van der Waals surface area (Å²) in [4.78, 5) is 72.0. The van der Waals surface area contributed by atoms with Crippen molar-refractivity contribution in [2.45, 2.75) is 72.2 Å². The highest BCUT2D eigenvalue weighted by Gasteiger charge is 2.29. The Balaban J connectivity index is 1.73. The monoisotopic (exact) mass is 637 g/mol. The summed E-state index contributed by atoms with van der Waals surface area (Å²) < 4.78 is 14.9. The van der Waals surface area contributed by atoms with Crippen LogP contribution in [0.15, 0.2) is 45.5 Å². The lowest BCUT2D eigenvalue weighted by molar-refractivity contribution is -0.122. The van der Waals surface area contributed by atoms with E-state index in [4.69, 9.17) is 14.5 Å². The van der Waals surface area contributed by atoms with Gasteiger partial charge in [-0.25, -0.2) is 9.59 Å². The third-order valence-corrected chi connectivity index (χ3v) is 7.45. The van der Waals surface area contributed by atoms with Gasteiger partial charge in [-0.1, -0.05) is 23.8 Å². The molecule has 248 valence electrons. The highest BCUT2D eigenvalue weighted by Crippen LogP contribution is 2.24. The largest absolute Gasteiger partial charge is 0.483 e. The molecule has 1 atom stereocenters. The van der Waals surface area contributed by atoms with E-state index >= 15 is 0 Å². The molecule has 14 nitrogen and oxygen atoms in total. The zero-order valence-electron chi connectivity index (χ0n) is 27.5. The zero-order valence-corrected chi connectivity index (χ0v) is 27.5. The van der Waals surface area contributed by atoms with E-state index in [0.717, 1.165) is 23.0 Å². The predicted octanol–water partition coefficient (Wildman–Crippen LogP) is 2.36. The zero-order chi connectivity index (χ0) is 33.8. The number of nitrogens with zero attached hydrogens (tertiary/aromatic N) is 5. The quantitative estimate of drug-likeness (QED) is 0.251. The smallest absolute Gasteiger partial charge is 0.407 e. The second kappa shape index (κ2) is 14.0. The van der Waals surface area contributed by atoms with Gasteiger partial charge < -0.3 is 29.6 Å². The van der Waals surface area contributed by atoms with E-state index in [0.29, 0.717) is 25.6 Å². The van der Waals surface area contributed by atoms with Crippen LogP contribution < -0.4 is 31.5 Å². The molecule has 0 aliphatic carbocycles. The summed E-state index contributed by atoms with van der Waals surface area (Å²) in [6.07, 6.45) is 2.94. The molecule has 2 N–H and O–H groups in total. The van der Waals surface area contributed by atoms with Gasteiger partial charge in [0.25, 0.3) is 11.5 Å². The number of likely N-dealkylation sites (N-methyl/N-ethyl adjacent to an activating group) is 1. The Bertz CT molecular complexity index is 1770. The van der Waals surface area contributed by atoms with Gasteiger partial charge in [-0.05, 0) is 59.6 Å². The van der Waals surface area contributed by atoms with Gasteiger partial charge in [0, 0.05) is 39.8 Å². The van der Waals surface area contributed by atoms with E-state index in [9.17, 15) is 24.0 Å². The Morgan fingerprint density at radius 2 is 1.83 bits per heavy atom. The number of anilines is 1. The number of ketones is 1. The number of ether oxygens (including phenoxy) is 2. The van der Waals surface area contributed by atoms with Crippen molar-refractivity contribution in [3.8, 4) is 5.75 Å². The van der Waals surface area contributed by atoms with Crippen LogP contribution >= 0.6 is 0 Å². The fraction of sp³-hybridized carbons (Fsp3) is 0.500. The summed E-state index contributed by atoms with van der Waals surface area (Å²) >= 11 is 0. The highest BCUT2D eigenvalue weighted by molar-refractivity contribution is 5.98. The number of amides is 2. The molecule has 2 aromatic heterocycles. The number of hydrogen-bond acceptors (Lipinski definition) is 9. The highest BCUT2D eigenvalue weighted by atomic mass is 16.6. The maximum atomic E-state index is 14.1. The van der Waals surface area contributed by atoms with E-state index < -0.39 is 35.3 Å². The summed E-state index contributed by atoms with van der Waals surface area (Å²) in [6, 6.07) is 6.14. The number of aromatic nitrogens is 4. The maximum absolute atomic E-state index is 14.1. The number of rotatable bonds is 10. The van der Waals surface area contributed by atoms with Crippen LogP contribution in [0.1, 0.15) is 57.8 Å². The fourth-order valence-corrected chi connectivity index (χ4v) is 5.21. The number of nitrogens with one attached hydrogen (secondary N) is 2. The van der Waals surface area contributed by atoms with Gasteiger partial charge >= 0.3 is 11.8 Å². The molecule has 1 aliphatic heterocycles. The summed E-state index contributed by atoms with van der Waals surface area (Å²) in [6.45, 7) is 9.78. The number of fused-ring (bicyclic) bond motifs is 1. The van der Waals surface area contributed by atoms with Crippen molar-refractivity contribution in [3.05, 3.63) is 62.3 Å². The molecule has 3 heterocycles. The van der Waals surface area contributed by atoms with Crippen LogP contribution in [-0.4, -0.2) is 74.9 Å². The lowest BCUT2D eigenvalue weighted by atomic mass is 10.1. The van der Waals surface area contributed by atoms with Crippen LogP contribution in [0.25, 0.3) is 11.2 Å². The summed E-state index contributed by atoms with van der Waals surface area (Å²) in [5.74, 6) is -0.266. The molecule has 4 rings (SSSR count). The van der Waals surface area contributed by atoms with E-state index in [-0.39, 0.29) is 41.0 Å². The number of carbonyl (C=O) groups excluding carboxylic acids is 3. The van der Waals surface area contributed by atoms with Crippen molar-refractivity contribution in [2.24, 2.45) is 7.05 Å². The minimum absolute atomic E-state index is 0.135. The van der Waals surface area contributed by atoms with E-state index in [2.05, 4.69) is 10.6 Å². The van der Waals surface area contributed by atoms with Crippen molar-refractivity contribution >= 4 is 34.9 Å². The molecule has 0 bridgehead atoms. The number of piperidine rings is 1. The number of Topliss-reactive ketones (excluding diaryl/α,β-unsaturated/α-hetero) is 1. The Labute approximate surface area is 267 Å². The number of benzene rings is 1. The second-order valence-electron chi connectivity index (χ2n) is 12.5. The Kier molecular flexibility index (Phi) is 10.4. The van der Waals surface area contributed by atoms with E-state index in [1.54, 1.807) is 43.5 Å². The molecule has 2 amide bonds.